The first-order valence-electron chi connectivity index (χ1n) is 4.65. The van der Waals surface area contributed by atoms with Crippen molar-refractivity contribution in [1.82, 2.24) is 0 Å². The molecule has 12 heavy (non-hydrogen) atoms. The van der Waals surface area contributed by atoms with Gasteiger partial charge in [0.05, 0.1) is 6.17 Å². The van der Waals surface area contributed by atoms with E-state index in [0.29, 0.717) is 0 Å². The van der Waals surface area contributed by atoms with Gasteiger partial charge < -0.3 is 11.5 Å². The second kappa shape index (κ2) is 5.12. The molecule has 68 valence electrons. The summed E-state index contributed by atoms with van der Waals surface area (Å²) in [4.78, 5) is 0. The van der Waals surface area contributed by atoms with Crippen molar-refractivity contribution in [2.45, 2.75) is 38.3 Å². The molecule has 0 heterocycles. The topological polar surface area (TPSA) is 52.0 Å². The standard InChI is InChI=1S/C10H18N2/c11-10(12)8-9-6-4-2-1-3-5-7-9/h2,4,6,10H,1,3,5,7-8,11-12H2/b4-2-,9-6+. The maximum absolute atomic E-state index is 5.53. The number of hydrogen-bond acceptors (Lipinski definition) is 2. The van der Waals surface area contributed by atoms with E-state index in [9.17, 15) is 0 Å². The van der Waals surface area contributed by atoms with Crippen LogP contribution in [0.1, 0.15) is 32.1 Å². The van der Waals surface area contributed by atoms with Crippen molar-refractivity contribution < 1.29 is 0 Å². The van der Waals surface area contributed by atoms with Gasteiger partial charge in [-0.1, -0.05) is 23.8 Å². The molecular formula is C10H18N2. The van der Waals surface area contributed by atoms with Crippen molar-refractivity contribution in [3.05, 3.63) is 23.8 Å². The zero-order valence-electron chi connectivity index (χ0n) is 7.50. The quantitative estimate of drug-likeness (QED) is 0.613. The molecule has 1 rings (SSSR count). The molecule has 2 nitrogen and oxygen atoms in total. The fraction of sp³-hybridized carbons (Fsp3) is 0.600. The highest BCUT2D eigenvalue weighted by Crippen LogP contribution is 2.15. The molecule has 0 aromatic rings. The van der Waals surface area contributed by atoms with Gasteiger partial charge in [-0.2, -0.15) is 0 Å². The predicted molar refractivity (Wildman–Crippen MR) is 52.5 cm³/mol. The van der Waals surface area contributed by atoms with Crippen LogP contribution in [-0.4, -0.2) is 6.17 Å². The molecule has 1 aliphatic carbocycles. The van der Waals surface area contributed by atoms with Gasteiger partial charge >= 0.3 is 0 Å². The van der Waals surface area contributed by atoms with Crippen LogP contribution in [0.5, 0.6) is 0 Å². The summed E-state index contributed by atoms with van der Waals surface area (Å²) in [5.41, 5.74) is 12.4. The van der Waals surface area contributed by atoms with E-state index in [0.717, 1.165) is 12.8 Å². The number of hydrogen-bond donors (Lipinski definition) is 2. The zero-order chi connectivity index (χ0) is 8.81. The summed E-state index contributed by atoms with van der Waals surface area (Å²) >= 11 is 0. The molecule has 0 saturated heterocycles. The highest BCUT2D eigenvalue weighted by molar-refractivity contribution is 5.14. The lowest BCUT2D eigenvalue weighted by molar-refractivity contribution is 0.647. The molecule has 0 spiro atoms. The molecule has 0 aromatic heterocycles. The van der Waals surface area contributed by atoms with Crippen molar-refractivity contribution in [1.29, 1.82) is 0 Å². The third-order valence-electron chi connectivity index (χ3n) is 2.08. The number of nitrogens with two attached hydrogens (primary N) is 2. The molecule has 0 unspecified atom stereocenters. The van der Waals surface area contributed by atoms with Crippen molar-refractivity contribution in [3.63, 3.8) is 0 Å². The summed E-state index contributed by atoms with van der Waals surface area (Å²) < 4.78 is 0. The van der Waals surface area contributed by atoms with Crippen LogP contribution in [0.2, 0.25) is 0 Å². The van der Waals surface area contributed by atoms with Gasteiger partial charge in [0.15, 0.2) is 0 Å². The van der Waals surface area contributed by atoms with E-state index in [1.54, 1.807) is 0 Å². The monoisotopic (exact) mass is 166 g/mol. The lowest BCUT2D eigenvalue weighted by Crippen LogP contribution is -2.30. The Labute approximate surface area is 74.3 Å². The number of rotatable bonds is 2. The van der Waals surface area contributed by atoms with Gasteiger partial charge in [-0.15, -0.1) is 0 Å². The molecule has 0 bridgehead atoms. The molecule has 0 saturated carbocycles. The normalized spacial score (nSPS) is 25.8. The predicted octanol–water partition coefficient (Wildman–Crippen LogP) is 1.68. The van der Waals surface area contributed by atoms with Gasteiger partial charge in [0.25, 0.3) is 0 Å². The van der Waals surface area contributed by atoms with E-state index in [-0.39, 0.29) is 6.17 Å². The Morgan fingerprint density at radius 1 is 1.33 bits per heavy atom. The Hall–Kier alpha value is -0.600. The lowest BCUT2D eigenvalue weighted by Gasteiger charge is -2.10. The Morgan fingerprint density at radius 2 is 2.17 bits per heavy atom. The Kier molecular flexibility index (Phi) is 4.05. The maximum Gasteiger partial charge on any atom is 0.0559 e. The minimum absolute atomic E-state index is 0.191. The van der Waals surface area contributed by atoms with Gasteiger partial charge in [0, 0.05) is 0 Å². The van der Waals surface area contributed by atoms with Crippen LogP contribution >= 0.6 is 0 Å². The largest absolute Gasteiger partial charge is 0.316 e. The molecule has 0 aliphatic heterocycles. The van der Waals surface area contributed by atoms with Gasteiger partial charge in [0.1, 0.15) is 0 Å². The van der Waals surface area contributed by atoms with Crippen LogP contribution in [-0.2, 0) is 0 Å². The van der Waals surface area contributed by atoms with Crippen LogP contribution in [0.25, 0.3) is 0 Å². The molecular weight excluding hydrogens is 148 g/mol. The Morgan fingerprint density at radius 3 is 2.92 bits per heavy atom. The SMILES string of the molecule is NC(N)C/C1=C/C=C\CCCC1. The summed E-state index contributed by atoms with van der Waals surface area (Å²) in [7, 11) is 0. The zero-order valence-corrected chi connectivity index (χ0v) is 7.50. The Balaban J connectivity index is 2.47. The van der Waals surface area contributed by atoms with Gasteiger partial charge in [-0.3, -0.25) is 0 Å². The van der Waals surface area contributed by atoms with E-state index < -0.39 is 0 Å². The van der Waals surface area contributed by atoms with Crippen LogP contribution in [0.4, 0.5) is 0 Å². The average Bonchev–Trinajstić information content (AvgIpc) is 1.93. The van der Waals surface area contributed by atoms with Crippen LogP contribution < -0.4 is 11.5 Å². The number of allylic oxidation sites excluding steroid dienone is 3. The van der Waals surface area contributed by atoms with Gasteiger partial charge in [-0.25, -0.2) is 0 Å². The van der Waals surface area contributed by atoms with Crippen LogP contribution in [0.3, 0.4) is 0 Å². The molecule has 4 N–H and O–H groups in total. The third kappa shape index (κ3) is 3.69. The summed E-state index contributed by atoms with van der Waals surface area (Å²) in [6, 6.07) is 0. The van der Waals surface area contributed by atoms with E-state index in [1.165, 1.54) is 24.8 Å². The molecule has 2 heteroatoms. The Bertz CT molecular complexity index is 180. The summed E-state index contributed by atoms with van der Waals surface area (Å²) in [5, 5.41) is 0. The van der Waals surface area contributed by atoms with E-state index in [1.807, 2.05) is 0 Å². The fourth-order valence-corrected chi connectivity index (χ4v) is 1.47. The van der Waals surface area contributed by atoms with E-state index in [2.05, 4.69) is 18.2 Å². The fourth-order valence-electron chi connectivity index (χ4n) is 1.47. The summed E-state index contributed by atoms with van der Waals surface area (Å²) in [5.74, 6) is 0. The van der Waals surface area contributed by atoms with Crippen molar-refractivity contribution in [3.8, 4) is 0 Å². The van der Waals surface area contributed by atoms with Crippen molar-refractivity contribution in [2.75, 3.05) is 0 Å². The lowest BCUT2D eigenvalue weighted by atomic mass is 10.0. The molecule has 1 aliphatic rings. The molecule has 0 atom stereocenters. The smallest absolute Gasteiger partial charge is 0.0559 e. The minimum atomic E-state index is -0.191. The average molecular weight is 166 g/mol. The second-order valence-corrected chi connectivity index (χ2v) is 3.37. The molecule has 0 aromatic carbocycles. The highest BCUT2D eigenvalue weighted by atomic mass is 14.8. The first-order chi connectivity index (χ1) is 5.79. The molecule has 0 radical (unpaired) electrons. The second-order valence-electron chi connectivity index (χ2n) is 3.37. The maximum atomic E-state index is 5.53. The highest BCUT2D eigenvalue weighted by Gasteiger charge is 2.01. The minimum Gasteiger partial charge on any atom is -0.316 e. The first kappa shape index (κ1) is 9.49. The van der Waals surface area contributed by atoms with Crippen molar-refractivity contribution >= 4 is 0 Å². The third-order valence-corrected chi connectivity index (χ3v) is 2.08. The summed E-state index contributed by atoms with van der Waals surface area (Å²) in [6.45, 7) is 0. The molecule has 0 amide bonds. The van der Waals surface area contributed by atoms with Gasteiger partial charge in [0.2, 0.25) is 0 Å². The van der Waals surface area contributed by atoms with Crippen LogP contribution in [0.15, 0.2) is 23.8 Å². The molecule has 0 fully saturated rings. The van der Waals surface area contributed by atoms with Crippen molar-refractivity contribution in [2.24, 2.45) is 11.5 Å². The van der Waals surface area contributed by atoms with Crippen LogP contribution in [0, 0.1) is 0 Å². The first-order valence-corrected chi connectivity index (χ1v) is 4.65. The van der Waals surface area contributed by atoms with E-state index in [4.69, 9.17) is 11.5 Å². The summed E-state index contributed by atoms with van der Waals surface area (Å²) in [6.07, 6.45) is 12.1. The van der Waals surface area contributed by atoms with E-state index >= 15 is 0 Å². The van der Waals surface area contributed by atoms with Gasteiger partial charge in [-0.05, 0) is 32.1 Å².